The molecule has 1 unspecified atom stereocenters. The number of nitrogens with one attached hydrogen (secondary N) is 1. The summed E-state index contributed by atoms with van der Waals surface area (Å²) in [5.41, 5.74) is 0.768. The van der Waals surface area contributed by atoms with Crippen LogP contribution in [0.5, 0.6) is 0 Å². The maximum absolute atomic E-state index is 13.6. The summed E-state index contributed by atoms with van der Waals surface area (Å²) in [4.78, 5) is 13.1. The smallest absolute Gasteiger partial charge is 0.254 e. The highest BCUT2D eigenvalue weighted by molar-refractivity contribution is 7.99. The van der Waals surface area contributed by atoms with Crippen LogP contribution in [0.1, 0.15) is 28.4 Å². The summed E-state index contributed by atoms with van der Waals surface area (Å²) in [6, 6.07) is 10.1. The molecule has 21 heavy (non-hydrogen) atoms. The molecule has 0 bridgehead atoms. The summed E-state index contributed by atoms with van der Waals surface area (Å²) in [6.07, 6.45) is 0.696. The van der Waals surface area contributed by atoms with Gasteiger partial charge in [-0.15, -0.1) is 11.8 Å². The normalized spacial score (nSPS) is 17.1. The lowest BCUT2D eigenvalue weighted by Gasteiger charge is -2.26. The van der Waals surface area contributed by atoms with Crippen LogP contribution in [-0.2, 0) is 0 Å². The monoisotopic (exact) mass is 305 g/mol. The van der Waals surface area contributed by atoms with E-state index in [0.29, 0.717) is 6.42 Å². The van der Waals surface area contributed by atoms with Crippen molar-refractivity contribution in [3.63, 3.8) is 0 Å². The predicted octanol–water partition coefficient (Wildman–Crippen LogP) is 3.93. The summed E-state index contributed by atoms with van der Waals surface area (Å²) in [5, 5.41) is 2.80. The Labute approximate surface area is 125 Å². The van der Waals surface area contributed by atoms with Crippen molar-refractivity contribution in [2.75, 3.05) is 5.75 Å². The van der Waals surface area contributed by atoms with E-state index >= 15 is 0 Å². The molecule has 1 aliphatic heterocycles. The largest absolute Gasteiger partial charge is 0.345 e. The van der Waals surface area contributed by atoms with E-state index in [0.717, 1.165) is 16.2 Å². The molecule has 2 aromatic rings. The molecule has 1 heterocycles. The van der Waals surface area contributed by atoms with E-state index in [1.165, 1.54) is 30.3 Å². The van der Waals surface area contributed by atoms with Crippen LogP contribution in [-0.4, -0.2) is 11.7 Å². The minimum atomic E-state index is -0.556. The van der Waals surface area contributed by atoms with E-state index in [2.05, 4.69) is 5.32 Å². The number of hydrogen-bond donors (Lipinski definition) is 1. The van der Waals surface area contributed by atoms with Gasteiger partial charge >= 0.3 is 0 Å². The van der Waals surface area contributed by atoms with Crippen LogP contribution >= 0.6 is 11.8 Å². The molecule has 1 atom stereocenters. The minimum Gasteiger partial charge on any atom is -0.345 e. The molecule has 2 aromatic carbocycles. The van der Waals surface area contributed by atoms with Crippen molar-refractivity contribution in [3.8, 4) is 0 Å². The van der Waals surface area contributed by atoms with Gasteiger partial charge in [-0.05, 0) is 42.3 Å². The number of halogens is 2. The van der Waals surface area contributed by atoms with Gasteiger partial charge in [-0.25, -0.2) is 8.78 Å². The maximum Gasteiger partial charge on any atom is 0.254 e. The van der Waals surface area contributed by atoms with Crippen molar-refractivity contribution in [1.82, 2.24) is 5.32 Å². The molecule has 0 aliphatic carbocycles. The SMILES string of the molecule is O=C(NC1CCSc2ccc(F)cc21)c1ccccc1F. The first kappa shape index (κ1) is 14.1. The van der Waals surface area contributed by atoms with E-state index in [4.69, 9.17) is 0 Å². The number of rotatable bonds is 2. The first-order valence-electron chi connectivity index (χ1n) is 6.63. The lowest BCUT2D eigenvalue weighted by atomic mass is 10.0. The second-order valence-corrected chi connectivity index (χ2v) is 5.96. The topological polar surface area (TPSA) is 29.1 Å². The van der Waals surface area contributed by atoms with Gasteiger partial charge in [0.15, 0.2) is 0 Å². The van der Waals surface area contributed by atoms with E-state index in [-0.39, 0.29) is 17.4 Å². The van der Waals surface area contributed by atoms with Crippen LogP contribution in [0.2, 0.25) is 0 Å². The minimum absolute atomic E-state index is 0.00804. The Bertz CT molecular complexity index is 690. The number of carbonyl (C=O) groups excluding carboxylic acids is 1. The van der Waals surface area contributed by atoms with Gasteiger partial charge in [0.25, 0.3) is 5.91 Å². The highest BCUT2D eigenvalue weighted by Crippen LogP contribution is 2.36. The zero-order valence-corrected chi connectivity index (χ0v) is 11.9. The molecule has 1 amide bonds. The van der Waals surface area contributed by atoms with Crippen LogP contribution in [0.4, 0.5) is 8.78 Å². The molecule has 1 N–H and O–H groups in total. The fourth-order valence-corrected chi connectivity index (χ4v) is 3.50. The van der Waals surface area contributed by atoms with Crippen LogP contribution in [0.3, 0.4) is 0 Å². The Kier molecular flexibility index (Phi) is 3.92. The zero-order chi connectivity index (χ0) is 14.8. The van der Waals surface area contributed by atoms with Crippen LogP contribution < -0.4 is 5.32 Å². The fourth-order valence-electron chi connectivity index (χ4n) is 2.40. The van der Waals surface area contributed by atoms with Crippen molar-refractivity contribution in [2.45, 2.75) is 17.4 Å². The zero-order valence-electron chi connectivity index (χ0n) is 11.1. The van der Waals surface area contributed by atoms with Gasteiger partial charge in [-0.3, -0.25) is 4.79 Å². The molecule has 0 saturated carbocycles. The van der Waals surface area contributed by atoms with Crippen molar-refractivity contribution < 1.29 is 13.6 Å². The Hall–Kier alpha value is -1.88. The van der Waals surface area contributed by atoms with E-state index in [9.17, 15) is 13.6 Å². The van der Waals surface area contributed by atoms with Crippen LogP contribution in [0.25, 0.3) is 0 Å². The summed E-state index contributed by atoms with van der Waals surface area (Å²) >= 11 is 1.64. The number of fused-ring (bicyclic) bond motifs is 1. The third-order valence-electron chi connectivity index (χ3n) is 3.44. The Morgan fingerprint density at radius 2 is 2.00 bits per heavy atom. The average molecular weight is 305 g/mol. The number of hydrogen-bond acceptors (Lipinski definition) is 2. The van der Waals surface area contributed by atoms with Gasteiger partial charge < -0.3 is 5.32 Å². The Morgan fingerprint density at radius 3 is 2.81 bits per heavy atom. The third-order valence-corrected chi connectivity index (χ3v) is 4.56. The molecule has 0 radical (unpaired) electrons. The molecular formula is C16H13F2NOS. The standard InChI is InChI=1S/C16H13F2NOS/c17-10-5-6-15-12(9-10)14(7-8-21-15)19-16(20)11-3-1-2-4-13(11)18/h1-6,9,14H,7-8H2,(H,19,20). The highest BCUT2D eigenvalue weighted by Gasteiger charge is 2.24. The molecule has 0 aromatic heterocycles. The van der Waals surface area contributed by atoms with Crippen molar-refractivity contribution >= 4 is 17.7 Å². The number of amides is 1. The molecule has 5 heteroatoms. The second kappa shape index (κ2) is 5.85. The Morgan fingerprint density at radius 1 is 1.19 bits per heavy atom. The molecule has 0 spiro atoms. The van der Waals surface area contributed by atoms with Crippen molar-refractivity contribution in [3.05, 3.63) is 65.2 Å². The highest BCUT2D eigenvalue weighted by atomic mass is 32.2. The van der Waals surface area contributed by atoms with Gasteiger partial charge in [0, 0.05) is 10.6 Å². The first-order chi connectivity index (χ1) is 10.1. The molecule has 2 nitrogen and oxygen atoms in total. The van der Waals surface area contributed by atoms with E-state index in [1.807, 2.05) is 0 Å². The fraction of sp³-hybridized carbons (Fsp3) is 0.188. The van der Waals surface area contributed by atoms with E-state index < -0.39 is 11.7 Å². The molecule has 0 fully saturated rings. The summed E-state index contributed by atoms with van der Waals surface area (Å²) in [6.45, 7) is 0. The van der Waals surface area contributed by atoms with Crippen LogP contribution in [0.15, 0.2) is 47.4 Å². The van der Waals surface area contributed by atoms with Gasteiger partial charge in [0.2, 0.25) is 0 Å². The number of carbonyl (C=O) groups is 1. The van der Waals surface area contributed by atoms with Crippen molar-refractivity contribution in [1.29, 1.82) is 0 Å². The predicted molar refractivity (Wildman–Crippen MR) is 78.3 cm³/mol. The quantitative estimate of drug-likeness (QED) is 0.911. The first-order valence-corrected chi connectivity index (χ1v) is 7.61. The van der Waals surface area contributed by atoms with Crippen LogP contribution in [0, 0.1) is 11.6 Å². The van der Waals surface area contributed by atoms with Gasteiger partial charge in [0.05, 0.1) is 11.6 Å². The Balaban J connectivity index is 1.85. The van der Waals surface area contributed by atoms with Gasteiger partial charge in [0.1, 0.15) is 11.6 Å². The lowest BCUT2D eigenvalue weighted by molar-refractivity contribution is 0.0931. The molecule has 0 saturated heterocycles. The lowest BCUT2D eigenvalue weighted by Crippen LogP contribution is -2.31. The average Bonchev–Trinajstić information content (AvgIpc) is 2.48. The maximum atomic E-state index is 13.6. The van der Waals surface area contributed by atoms with Gasteiger partial charge in [-0.1, -0.05) is 12.1 Å². The summed E-state index contributed by atoms with van der Waals surface area (Å²) in [7, 11) is 0. The van der Waals surface area contributed by atoms with Gasteiger partial charge in [-0.2, -0.15) is 0 Å². The van der Waals surface area contributed by atoms with Crippen molar-refractivity contribution in [2.24, 2.45) is 0 Å². The molecule has 3 rings (SSSR count). The molecule has 108 valence electrons. The number of benzene rings is 2. The summed E-state index contributed by atoms with van der Waals surface area (Å²) < 4.78 is 27.0. The third kappa shape index (κ3) is 2.93. The molecular weight excluding hydrogens is 292 g/mol. The summed E-state index contributed by atoms with van der Waals surface area (Å²) in [5.74, 6) is -0.526. The second-order valence-electron chi connectivity index (χ2n) is 4.83. The number of thioether (sulfide) groups is 1. The molecule has 1 aliphatic rings. The van der Waals surface area contributed by atoms with E-state index in [1.54, 1.807) is 23.9 Å².